The van der Waals surface area contributed by atoms with Crippen molar-refractivity contribution in [2.75, 3.05) is 13.1 Å². The Kier molecular flexibility index (Phi) is 16.0. The molecule has 5 unspecified atom stereocenters. The molecule has 3 amide bonds. The molecule has 0 spiro atoms. The molecule has 0 heterocycles. The highest BCUT2D eigenvalue weighted by molar-refractivity contribution is 5.98. The number of carbonyl (C=O) groups excluding carboxylic acids is 3. The van der Waals surface area contributed by atoms with E-state index < -0.39 is 59.9 Å². The maximum absolute atomic E-state index is 13.4. The van der Waals surface area contributed by atoms with E-state index in [-0.39, 0.29) is 25.4 Å². The molecule has 0 fully saturated rings. The number of rotatable bonds is 18. The van der Waals surface area contributed by atoms with Crippen molar-refractivity contribution in [3.63, 3.8) is 0 Å². The molecule has 50 heavy (non-hydrogen) atoms. The molecule has 3 aromatic carbocycles. The number of nitrogens with two attached hydrogens (primary N) is 1. The second-order valence-electron chi connectivity index (χ2n) is 14.1. The Morgan fingerprint density at radius 1 is 0.760 bits per heavy atom. The number of carbonyl (C=O) groups is 3. The van der Waals surface area contributed by atoms with E-state index in [1.165, 1.54) is 0 Å². The van der Waals surface area contributed by atoms with E-state index in [0.29, 0.717) is 12.8 Å². The van der Waals surface area contributed by atoms with E-state index in [0.717, 1.165) is 16.7 Å². The number of hydrogen-bond donors (Lipinski definition) is 7. The van der Waals surface area contributed by atoms with Crippen molar-refractivity contribution in [1.82, 2.24) is 21.3 Å². The minimum Gasteiger partial charge on any atom is -0.444 e. The van der Waals surface area contributed by atoms with Gasteiger partial charge >= 0.3 is 6.09 Å². The predicted octanol–water partition coefficient (Wildman–Crippen LogP) is 3.39. The molecule has 0 bridgehead atoms. The van der Waals surface area contributed by atoms with Crippen molar-refractivity contribution in [2.24, 2.45) is 11.7 Å². The summed E-state index contributed by atoms with van der Waals surface area (Å²) in [6.07, 6.45) is -1.95. The van der Waals surface area contributed by atoms with Crippen molar-refractivity contribution in [3.8, 4) is 0 Å². The van der Waals surface area contributed by atoms with Gasteiger partial charge in [-0.25, -0.2) is 4.79 Å². The van der Waals surface area contributed by atoms with Crippen LogP contribution < -0.4 is 27.0 Å². The molecule has 8 N–H and O–H groups in total. The molecule has 0 aliphatic heterocycles. The largest absolute Gasteiger partial charge is 0.444 e. The number of imide groups is 1. The first-order valence-corrected chi connectivity index (χ1v) is 17.3. The van der Waals surface area contributed by atoms with Gasteiger partial charge in [0.05, 0.1) is 24.3 Å². The molecule has 0 aliphatic rings. The van der Waals surface area contributed by atoms with Crippen LogP contribution in [0.4, 0.5) is 4.79 Å². The van der Waals surface area contributed by atoms with Gasteiger partial charge in [0.25, 0.3) is 0 Å². The number of nitrogens with one attached hydrogen (secondary N) is 4. The first kappa shape index (κ1) is 40.3. The number of benzene rings is 3. The van der Waals surface area contributed by atoms with Crippen LogP contribution in [0.5, 0.6) is 0 Å². The van der Waals surface area contributed by atoms with E-state index in [1.54, 1.807) is 20.8 Å². The van der Waals surface area contributed by atoms with Gasteiger partial charge in [-0.2, -0.15) is 0 Å². The Morgan fingerprint density at radius 2 is 1.24 bits per heavy atom. The molecule has 3 rings (SSSR count). The maximum atomic E-state index is 13.4. The van der Waals surface area contributed by atoms with Crippen LogP contribution in [0.25, 0.3) is 0 Å². The monoisotopic (exact) mass is 689 g/mol. The average molecular weight is 690 g/mol. The zero-order chi connectivity index (χ0) is 36.7. The van der Waals surface area contributed by atoms with Gasteiger partial charge in [0, 0.05) is 31.6 Å². The van der Waals surface area contributed by atoms with Gasteiger partial charge in [0.15, 0.2) is 0 Å². The SMILES string of the molecule is CC(C)[C@H](NC(Cc1ccccc1)C(O)CNCC(O)C(Cc1ccccc1)NC(=O)OC(C)(C)C)C(=O)NC(=O)CC(N)c1ccccc1. The van der Waals surface area contributed by atoms with Crippen LogP contribution in [-0.2, 0) is 27.2 Å². The Labute approximate surface area is 296 Å². The minimum atomic E-state index is -1.02. The Bertz CT molecular complexity index is 1450. The molecule has 0 aliphatic carbocycles. The molecule has 0 aromatic heterocycles. The fourth-order valence-electron chi connectivity index (χ4n) is 5.53. The van der Waals surface area contributed by atoms with Crippen LogP contribution in [0.3, 0.4) is 0 Å². The van der Waals surface area contributed by atoms with Crippen LogP contribution in [0.1, 0.15) is 63.8 Å². The average Bonchev–Trinajstić information content (AvgIpc) is 3.06. The lowest BCUT2D eigenvalue weighted by Gasteiger charge is -2.31. The fourth-order valence-corrected chi connectivity index (χ4v) is 5.53. The van der Waals surface area contributed by atoms with Gasteiger partial charge in [-0.1, -0.05) is 105 Å². The number of ether oxygens (including phenoxy) is 1. The molecule has 0 radical (unpaired) electrons. The van der Waals surface area contributed by atoms with Crippen LogP contribution in [-0.4, -0.2) is 77.1 Å². The Balaban J connectivity index is 1.67. The van der Waals surface area contributed by atoms with Crippen LogP contribution in [0.15, 0.2) is 91.0 Å². The van der Waals surface area contributed by atoms with Crippen molar-refractivity contribution in [3.05, 3.63) is 108 Å². The quantitative estimate of drug-likeness (QED) is 0.106. The van der Waals surface area contributed by atoms with Gasteiger partial charge in [-0.3, -0.25) is 20.2 Å². The van der Waals surface area contributed by atoms with Gasteiger partial charge in [0.2, 0.25) is 11.8 Å². The number of aliphatic hydroxyl groups excluding tert-OH is 2. The molecular weight excluding hydrogens is 634 g/mol. The van der Waals surface area contributed by atoms with Crippen molar-refractivity contribution < 1.29 is 29.3 Å². The van der Waals surface area contributed by atoms with Gasteiger partial charge in [-0.15, -0.1) is 0 Å². The topological polar surface area (TPSA) is 175 Å². The second kappa shape index (κ2) is 19.9. The third-order valence-electron chi connectivity index (χ3n) is 8.17. The lowest BCUT2D eigenvalue weighted by atomic mass is 9.96. The summed E-state index contributed by atoms with van der Waals surface area (Å²) in [6, 6.07) is 25.7. The minimum absolute atomic E-state index is 0.0586. The lowest BCUT2D eigenvalue weighted by Crippen LogP contribution is -2.57. The Morgan fingerprint density at radius 3 is 1.74 bits per heavy atom. The first-order valence-electron chi connectivity index (χ1n) is 17.3. The summed E-state index contributed by atoms with van der Waals surface area (Å²) >= 11 is 0. The van der Waals surface area contributed by atoms with Gasteiger partial charge < -0.3 is 31.3 Å². The summed E-state index contributed by atoms with van der Waals surface area (Å²) in [5, 5.41) is 34.4. The van der Waals surface area contributed by atoms with Crippen molar-refractivity contribution in [1.29, 1.82) is 0 Å². The highest BCUT2D eigenvalue weighted by Crippen LogP contribution is 2.15. The standard InChI is InChI=1S/C39H55N5O6/c1-26(2)36(37(48)44-35(47)23-30(40)29-19-13-8-14-20-29)42-31(21-27-15-9-6-10-16-27)33(45)24-41-25-34(46)32(22-28-17-11-7-12-18-28)43-38(49)50-39(3,4)5/h6-20,26,30-34,36,41-42,45-46H,21-25,40H2,1-5H3,(H,43,49)(H,44,47,48)/t30?,31?,32?,33?,34?,36-/m0/s1. The smallest absolute Gasteiger partial charge is 0.407 e. The first-order chi connectivity index (χ1) is 23.7. The normalized spacial score (nSPS) is 15.3. The van der Waals surface area contributed by atoms with Gasteiger partial charge in [-0.05, 0) is 56.2 Å². The molecule has 11 heteroatoms. The molecular formula is C39H55N5O6. The third-order valence-corrected chi connectivity index (χ3v) is 8.17. The van der Waals surface area contributed by atoms with E-state index in [9.17, 15) is 24.6 Å². The second-order valence-corrected chi connectivity index (χ2v) is 14.1. The summed E-state index contributed by atoms with van der Waals surface area (Å²) in [5.74, 6) is -1.21. The highest BCUT2D eigenvalue weighted by atomic mass is 16.6. The third kappa shape index (κ3) is 14.4. The molecule has 272 valence electrons. The summed E-state index contributed by atoms with van der Waals surface area (Å²) in [5.41, 5.74) is 8.18. The summed E-state index contributed by atoms with van der Waals surface area (Å²) in [6.45, 7) is 9.17. The molecule has 0 saturated carbocycles. The van der Waals surface area contributed by atoms with Crippen LogP contribution in [0.2, 0.25) is 0 Å². The number of aliphatic hydroxyl groups is 2. The van der Waals surface area contributed by atoms with Crippen LogP contribution >= 0.6 is 0 Å². The zero-order valence-electron chi connectivity index (χ0n) is 29.8. The predicted molar refractivity (Wildman–Crippen MR) is 195 cm³/mol. The number of hydrogen-bond acceptors (Lipinski definition) is 9. The van der Waals surface area contributed by atoms with E-state index >= 15 is 0 Å². The van der Waals surface area contributed by atoms with Crippen LogP contribution in [0, 0.1) is 5.92 Å². The van der Waals surface area contributed by atoms with Crippen molar-refractivity contribution >= 4 is 17.9 Å². The summed E-state index contributed by atoms with van der Waals surface area (Å²) < 4.78 is 5.44. The van der Waals surface area contributed by atoms with Gasteiger partial charge in [0.1, 0.15) is 5.60 Å². The number of alkyl carbamates (subject to hydrolysis) is 1. The van der Waals surface area contributed by atoms with E-state index in [2.05, 4.69) is 21.3 Å². The molecule has 0 saturated heterocycles. The summed E-state index contributed by atoms with van der Waals surface area (Å²) in [4.78, 5) is 38.9. The van der Waals surface area contributed by atoms with E-state index in [1.807, 2.05) is 105 Å². The molecule has 6 atom stereocenters. The van der Waals surface area contributed by atoms with E-state index in [4.69, 9.17) is 10.5 Å². The molecule has 3 aromatic rings. The Hall–Kier alpha value is -4.13. The number of amides is 3. The highest BCUT2D eigenvalue weighted by Gasteiger charge is 2.31. The maximum Gasteiger partial charge on any atom is 0.407 e. The summed E-state index contributed by atoms with van der Waals surface area (Å²) in [7, 11) is 0. The lowest BCUT2D eigenvalue weighted by molar-refractivity contribution is -0.132. The van der Waals surface area contributed by atoms with Crippen molar-refractivity contribution in [2.45, 2.75) is 95.9 Å². The molecule has 11 nitrogen and oxygen atoms in total. The fraction of sp³-hybridized carbons (Fsp3) is 0.462. The zero-order valence-corrected chi connectivity index (χ0v) is 29.8.